The van der Waals surface area contributed by atoms with E-state index in [-0.39, 0.29) is 0 Å². The van der Waals surface area contributed by atoms with Crippen LogP contribution in [0.4, 0.5) is 11.4 Å². The minimum absolute atomic E-state index is 0.320. The van der Waals surface area contributed by atoms with Crippen molar-refractivity contribution in [1.82, 2.24) is 9.13 Å². The molecule has 3 heteroatoms. The molecular formula is C33H25N3. The molecule has 8 rings (SSSR count). The molecule has 0 N–H and O–H groups in total. The standard InChI is InChI=1S/C33H25N3/c1-21(2)34-28-18-10-11-19-29(28)36-27-17-9-7-15-24(27)31-32-25(20-30(34)33(31)36)23-14-6-8-16-26(23)35(32)22-12-4-3-5-13-22/h3-21H,1-2H3. The molecule has 3 nitrogen and oxygen atoms in total. The normalized spacial score (nSPS) is 12.9. The van der Waals surface area contributed by atoms with E-state index in [1.54, 1.807) is 0 Å². The minimum atomic E-state index is 0.320. The SMILES string of the molecule is CC(C)N1c2ccccc2-n2c3ccccc3c3c2c1cc1c2ccccc2n(-c2ccccc2)c13. The molecule has 0 unspecified atom stereocenters. The Morgan fingerprint density at radius 3 is 1.86 bits per heavy atom. The summed E-state index contributed by atoms with van der Waals surface area (Å²) in [6, 6.07) is 40.1. The second-order valence-electron chi connectivity index (χ2n) is 10.0. The van der Waals surface area contributed by atoms with Crippen molar-refractivity contribution in [3.8, 4) is 11.4 Å². The summed E-state index contributed by atoms with van der Waals surface area (Å²) in [5.41, 5.74) is 10.0. The first kappa shape index (κ1) is 19.8. The molecule has 172 valence electrons. The van der Waals surface area contributed by atoms with Crippen LogP contribution in [0.15, 0.2) is 109 Å². The number of para-hydroxylation sites is 5. The lowest BCUT2D eigenvalue weighted by atomic mass is 10.0. The zero-order chi connectivity index (χ0) is 24.0. The average Bonchev–Trinajstić information content (AvgIpc) is 3.43. The van der Waals surface area contributed by atoms with E-state index in [2.05, 4.69) is 137 Å². The third kappa shape index (κ3) is 2.37. The Hall–Kier alpha value is -4.50. The molecule has 2 aromatic heterocycles. The number of nitrogens with zero attached hydrogens (tertiary/aromatic N) is 3. The molecule has 0 amide bonds. The lowest BCUT2D eigenvalue weighted by molar-refractivity contribution is 0.782. The first-order chi connectivity index (χ1) is 17.7. The molecule has 0 saturated heterocycles. The van der Waals surface area contributed by atoms with E-state index >= 15 is 0 Å². The van der Waals surface area contributed by atoms with Crippen LogP contribution in [-0.4, -0.2) is 15.2 Å². The first-order valence-corrected chi connectivity index (χ1v) is 12.7. The van der Waals surface area contributed by atoms with Crippen LogP contribution in [0.2, 0.25) is 0 Å². The second kappa shape index (κ2) is 7.02. The predicted molar refractivity (Wildman–Crippen MR) is 152 cm³/mol. The Bertz CT molecular complexity index is 1970. The van der Waals surface area contributed by atoms with Gasteiger partial charge in [0, 0.05) is 33.3 Å². The third-order valence-electron chi connectivity index (χ3n) is 7.72. The van der Waals surface area contributed by atoms with Gasteiger partial charge in [0.2, 0.25) is 0 Å². The molecular weight excluding hydrogens is 438 g/mol. The smallest absolute Gasteiger partial charge is 0.0801 e. The number of fused-ring (bicyclic) bond motifs is 9. The molecule has 0 spiro atoms. The van der Waals surface area contributed by atoms with Crippen LogP contribution in [0.1, 0.15) is 13.8 Å². The van der Waals surface area contributed by atoms with Crippen molar-refractivity contribution in [1.29, 1.82) is 0 Å². The van der Waals surface area contributed by atoms with Crippen LogP contribution >= 0.6 is 0 Å². The highest BCUT2D eigenvalue weighted by Crippen LogP contribution is 2.51. The molecule has 1 aliphatic rings. The summed E-state index contributed by atoms with van der Waals surface area (Å²) in [7, 11) is 0. The van der Waals surface area contributed by atoms with Crippen molar-refractivity contribution in [3.05, 3.63) is 109 Å². The van der Waals surface area contributed by atoms with Gasteiger partial charge in [0.05, 0.1) is 39.1 Å². The van der Waals surface area contributed by atoms with Gasteiger partial charge < -0.3 is 14.0 Å². The van der Waals surface area contributed by atoms with Gasteiger partial charge in [0.25, 0.3) is 0 Å². The maximum Gasteiger partial charge on any atom is 0.0801 e. The molecule has 0 fully saturated rings. The third-order valence-corrected chi connectivity index (χ3v) is 7.72. The van der Waals surface area contributed by atoms with Crippen LogP contribution in [0.3, 0.4) is 0 Å². The lowest BCUT2D eigenvalue weighted by Crippen LogP contribution is -2.29. The van der Waals surface area contributed by atoms with Crippen molar-refractivity contribution in [2.45, 2.75) is 19.9 Å². The van der Waals surface area contributed by atoms with Gasteiger partial charge in [-0.1, -0.05) is 66.7 Å². The highest BCUT2D eigenvalue weighted by Gasteiger charge is 2.31. The van der Waals surface area contributed by atoms with Crippen LogP contribution < -0.4 is 4.90 Å². The molecule has 36 heavy (non-hydrogen) atoms. The zero-order valence-electron chi connectivity index (χ0n) is 20.3. The molecule has 0 aliphatic carbocycles. The Balaban J connectivity index is 1.71. The largest absolute Gasteiger partial charge is 0.335 e. The van der Waals surface area contributed by atoms with Crippen LogP contribution in [-0.2, 0) is 0 Å². The first-order valence-electron chi connectivity index (χ1n) is 12.7. The van der Waals surface area contributed by atoms with Crippen molar-refractivity contribution in [2.75, 3.05) is 4.90 Å². The Morgan fingerprint density at radius 1 is 0.500 bits per heavy atom. The van der Waals surface area contributed by atoms with E-state index in [1.165, 1.54) is 66.4 Å². The number of hydrogen-bond donors (Lipinski definition) is 0. The second-order valence-corrected chi connectivity index (χ2v) is 10.0. The van der Waals surface area contributed by atoms with Gasteiger partial charge in [-0.15, -0.1) is 0 Å². The van der Waals surface area contributed by atoms with Crippen molar-refractivity contribution in [3.63, 3.8) is 0 Å². The molecule has 0 radical (unpaired) electrons. The molecule has 0 bridgehead atoms. The maximum atomic E-state index is 2.52. The molecule has 3 heterocycles. The zero-order valence-corrected chi connectivity index (χ0v) is 20.3. The van der Waals surface area contributed by atoms with Gasteiger partial charge >= 0.3 is 0 Å². The van der Waals surface area contributed by atoms with Crippen molar-refractivity contribution < 1.29 is 0 Å². The molecule has 0 atom stereocenters. The molecule has 0 saturated carbocycles. The summed E-state index contributed by atoms with van der Waals surface area (Å²) in [4.78, 5) is 2.52. The maximum absolute atomic E-state index is 2.52. The van der Waals surface area contributed by atoms with Gasteiger partial charge in [0.1, 0.15) is 0 Å². The van der Waals surface area contributed by atoms with Gasteiger partial charge in [-0.3, -0.25) is 0 Å². The molecule has 5 aromatic carbocycles. The summed E-state index contributed by atoms with van der Waals surface area (Å²) in [5.74, 6) is 0. The summed E-state index contributed by atoms with van der Waals surface area (Å²) >= 11 is 0. The van der Waals surface area contributed by atoms with Crippen LogP contribution in [0, 0.1) is 0 Å². The number of rotatable bonds is 2. The molecule has 7 aromatic rings. The van der Waals surface area contributed by atoms with Crippen molar-refractivity contribution >= 4 is 55.0 Å². The highest BCUT2D eigenvalue weighted by atomic mass is 15.2. The highest BCUT2D eigenvalue weighted by molar-refractivity contribution is 6.30. The quantitative estimate of drug-likeness (QED) is 0.250. The van der Waals surface area contributed by atoms with Gasteiger partial charge in [-0.05, 0) is 56.3 Å². The van der Waals surface area contributed by atoms with E-state index < -0.39 is 0 Å². The van der Waals surface area contributed by atoms with E-state index in [1.807, 2.05) is 0 Å². The number of hydrogen-bond acceptors (Lipinski definition) is 1. The van der Waals surface area contributed by atoms with E-state index in [9.17, 15) is 0 Å². The Labute approximate surface area is 209 Å². The van der Waals surface area contributed by atoms with Gasteiger partial charge in [-0.2, -0.15) is 0 Å². The van der Waals surface area contributed by atoms with E-state index in [4.69, 9.17) is 0 Å². The fourth-order valence-corrected chi connectivity index (χ4v) is 6.41. The summed E-state index contributed by atoms with van der Waals surface area (Å²) in [5, 5.41) is 5.19. The fraction of sp³-hybridized carbons (Fsp3) is 0.0909. The van der Waals surface area contributed by atoms with Gasteiger partial charge in [0.15, 0.2) is 0 Å². The summed E-state index contributed by atoms with van der Waals surface area (Å²) < 4.78 is 4.95. The van der Waals surface area contributed by atoms with E-state index in [0.29, 0.717) is 6.04 Å². The minimum Gasteiger partial charge on any atom is -0.335 e. The monoisotopic (exact) mass is 463 g/mol. The fourth-order valence-electron chi connectivity index (χ4n) is 6.41. The number of aromatic nitrogens is 2. The molecule has 1 aliphatic heterocycles. The van der Waals surface area contributed by atoms with Gasteiger partial charge in [-0.25, -0.2) is 0 Å². The van der Waals surface area contributed by atoms with E-state index in [0.717, 1.165) is 0 Å². The topological polar surface area (TPSA) is 13.1 Å². The Morgan fingerprint density at radius 2 is 1.11 bits per heavy atom. The summed E-state index contributed by atoms with van der Waals surface area (Å²) in [6.45, 7) is 4.58. The summed E-state index contributed by atoms with van der Waals surface area (Å²) in [6.07, 6.45) is 0. The predicted octanol–water partition coefficient (Wildman–Crippen LogP) is 8.74. The van der Waals surface area contributed by atoms with Crippen molar-refractivity contribution in [2.24, 2.45) is 0 Å². The van der Waals surface area contributed by atoms with Crippen LogP contribution in [0.5, 0.6) is 0 Å². The average molecular weight is 464 g/mol. The lowest BCUT2D eigenvalue weighted by Gasteiger charge is -2.36. The Kier molecular flexibility index (Phi) is 3.85. The van der Waals surface area contributed by atoms with Crippen LogP contribution in [0.25, 0.3) is 55.0 Å². The number of benzene rings is 5. The number of anilines is 2.